The third kappa shape index (κ3) is 6.70. The fraction of sp³-hybridized carbons (Fsp3) is 0.588. The Morgan fingerprint density at radius 2 is 1.96 bits per heavy atom. The standard InChI is InChI=1S/C17H26F2N2O3/c1-11(21-16(22)24-17(2,3)4)13-9-12(18)10-14(19)15(13)23-8-6-5-7-20/h9-11H,5-8,20H2,1-4H3,(H,21,22). The van der Waals surface area contributed by atoms with Crippen molar-refractivity contribution in [2.45, 2.75) is 52.2 Å². The Labute approximate surface area is 141 Å². The molecule has 24 heavy (non-hydrogen) atoms. The number of amides is 1. The summed E-state index contributed by atoms with van der Waals surface area (Å²) < 4.78 is 38.2. The van der Waals surface area contributed by atoms with Crippen molar-refractivity contribution in [2.24, 2.45) is 5.73 Å². The highest BCUT2D eigenvalue weighted by atomic mass is 19.1. The highest BCUT2D eigenvalue weighted by Gasteiger charge is 2.22. The molecule has 0 aliphatic rings. The SMILES string of the molecule is CC(NC(=O)OC(C)(C)C)c1cc(F)cc(F)c1OCCCCN. The zero-order valence-corrected chi connectivity index (χ0v) is 14.6. The quantitative estimate of drug-likeness (QED) is 0.740. The molecule has 0 spiro atoms. The molecule has 136 valence electrons. The zero-order chi connectivity index (χ0) is 18.3. The molecule has 0 heterocycles. The van der Waals surface area contributed by atoms with Crippen molar-refractivity contribution >= 4 is 6.09 Å². The zero-order valence-electron chi connectivity index (χ0n) is 14.6. The first-order valence-electron chi connectivity index (χ1n) is 7.95. The van der Waals surface area contributed by atoms with Crippen molar-refractivity contribution in [3.63, 3.8) is 0 Å². The summed E-state index contributed by atoms with van der Waals surface area (Å²) in [6.07, 6.45) is 0.721. The molecular formula is C17H26F2N2O3. The van der Waals surface area contributed by atoms with E-state index in [1.165, 1.54) is 0 Å². The number of unbranched alkanes of at least 4 members (excludes halogenated alkanes) is 1. The van der Waals surface area contributed by atoms with Crippen LogP contribution in [0.25, 0.3) is 0 Å². The molecule has 1 atom stereocenters. The van der Waals surface area contributed by atoms with Crippen LogP contribution in [0.2, 0.25) is 0 Å². The number of carbonyl (C=O) groups is 1. The van der Waals surface area contributed by atoms with Gasteiger partial charge in [-0.05, 0) is 53.1 Å². The van der Waals surface area contributed by atoms with Crippen LogP contribution in [-0.4, -0.2) is 24.8 Å². The molecule has 0 fully saturated rings. The lowest BCUT2D eigenvalue weighted by Crippen LogP contribution is -2.34. The molecule has 1 aromatic carbocycles. The molecule has 1 rings (SSSR count). The molecule has 0 aliphatic heterocycles. The van der Waals surface area contributed by atoms with Gasteiger partial charge < -0.3 is 20.5 Å². The highest BCUT2D eigenvalue weighted by molar-refractivity contribution is 5.68. The van der Waals surface area contributed by atoms with Crippen molar-refractivity contribution in [3.05, 3.63) is 29.3 Å². The van der Waals surface area contributed by atoms with Crippen molar-refractivity contribution in [2.75, 3.05) is 13.2 Å². The molecule has 0 saturated heterocycles. The Hall–Kier alpha value is -1.89. The van der Waals surface area contributed by atoms with Crippen LogP contribution < -0.4 is 15.8 Å². The Balaban J connectivity index is 2.89. The van der Waals surface area contributed by atoms with E-state index in [1.807, 2.05) is 0 Å². The second-order valence-corrected chi connectivity index (χ2v) is 6.52. The maximum Gasteiger partial charge on any atom is 0.408 e. The number of alkyl carbamates (subject to hydrolysis) is 1. The summed E-state index contributed by atoms with van der Waals surface area (Å²) >= 11 is 0. The molecule has 3 N–H and O–H groups in total. The van der Waals surface area contributed by atoms with Gasteiger partial charge >= 0.3 is 6.09 Å². The van der Waals surface area contributed by atoms with Crippen LogP contribution in [0.3, 0.4) is 0 Å². The van der Waals surface area contributed by atoms with Crippen LogP contribution in [0.15, 0.2) is 12.1 Å². The Bertz CT molecular complexity index is 560. The van der Waals surface area contributed by atoms with Gasteiger partial charge in [0.25, 0.3) is 0 Å². The summed E-state index contributed by atoms with van der Waals surface area (Å²) in [5.41, 5.74) is 4.95. The highest BCUT2D eigenvalue weighted by Crippen LogP contribution is 2.30. The monoisotopic (exact) mass is 344 g/mol. The van der Waals surface area contributed by atoms with E-state index in [0.29, 0.717) is 13.0 Å². The van der Waals surface area contributed by atoms with Gasteiger partial charge in [-0.25, -0.2) is 13.6 Å². The van der Waals surface area contributed by atoms with Gasteiger partial charge in [-0.1, -0.05) is 0 Å². The Morgan fingerprint density at radius 1 is 1.29 bits per heavy atom. The minimum atomic E-state index is -0.810. The number of halogens is 2. The summed E-state index contributed by atoms with van der Waals surface area (Å²) in [5.74, 6) is -1.62. The smallest absolute Gasteiger partial charge is 0.408 e. The first-order valence-corrected chi connectivity index (χ1v) is 7.95. The molecule has 0 aromatic heterocycles. The maximum absolute atomic E-state index is 14.1. The lowest BCUT2D eigenvalue weighted by molar-refractivity contribution is 0.0507. The summed E-state index contributed by atoms with van der Waals surface area (Å²) in [4.78, 5) is 11.8. The van der Waals surface area contributed by atoms with Crippen molar-refractivity contribution in [1.82, 2.24) is 5.32 Å². The van der Waals surface area contributed by atoms with Gasteiger partial charge in [0.2, 0.25) is 0 Å². The van der Waals surface area contributed by atoms with Crippen LogP contribution in [0.4, 0.5) is 13.6 Å². The molecule has 7 heteroatoms. The molecule has 0 saturated carbocycles. The number of carbonyl (C=O) groups excluding carboxylic acids is 1. The fourth-order valence-corrected chi connectivity index (χ4v) is 2.04. The van der Waals surface area contributed by atoms with E-state index in [0.717, 1.165) is 18.6 Å². The predicted octanol–water partition coefficient (Wildman–Crippen LogP) is 3.67. The van der Waals surface area contributed by atoms with Gasteiger partial charge in [-0.15, -0.1) is 0 Å². The Kier molecular flexibility index (Phi) is 7.41. The number of ether oxygens (including phenoxy) is 2. The van der Waals surface area contributed by atoms with Crippen molar-refractivity contribution < 1.29 is 23.0 Å². The van der Waals surface area contributed by atoms with Crippen LogP contribution in [0.1, 0.15) is 52.1 Å². The average Bonchev–Trinajstić information content (AvgIpc) is 2.42. The second kappa shape index (κ2) is 8.82. The lowest BCUT2D eigenvalue weighted by Gasteiger charge is -2.23. The maximum atomic E-state index is 14.1. The normalized spacial score (nSPS) is 12.6. The summed E-state index contributed by atoms with van der Waals surface area (Å²) in [7, 11) is 0. The van der Waals surface area contributed by atoms with E-state index < -0.39 is 29.4 Å². The summed E-state index contributed by atoms with van der Waals surface area (Å²) in [5, 5.41) is 2.55. The molecule has 1 aromatic rings. The molecule has 0 aliphatic carbocycles. The van der Waals surface area contributed by atoms with Gasteiger partial charge in [0.1, 0.15) is 11.4 Å². The van der Waals surface area contributed by atoms with E-state index in [9.17, 15) is 13.6 Å². The van der Waals surface area contributed by atoms with E-state index in [2.05, 4.69) is 5.32 Å². The summed E-state index contributed by atoms with van der Waals surface area (Å²) in [6.45, 7) is 7.55. The van der Waals surface area contributed by atoms with Crippen LogP contribution in [-0.2, 0) is 4.74 Å². The van der Waals surface area contributed by atoms with E-state index in [-0.39, 0.29) is 17.9 Å². The molecular weight excluding hydrogens is 318 g/mol. The molecule has 0 bridgehead atoms. The number of nitrogens with two attached hydrogens (primary N) is 1. The van der Waals surface area contributed by atoms with Crippen LogP contribution in [0.5, 0.6) is 5.75 Å². The molecule has 1 unspecified atom stereocenters. The largest absolute Gasteiger partial charge is 0.490 e. The number of hydrogen-bond donors (Lipinski definition) is 2. The Morgan fingerprint density at radius 3 is 2.54 bits per heavy atom. The third-order valence-corrected chi connectivity index (χ3v) is 3.08. The van der Waals surface area contributed by atoms with Crippen molar-refractivity contribution in [1.29, 1.82) is 0 Å². The first kappa shape index (κ1) is 20.2. The molecule has 0 radical (unpaired) electrons. The van der Waals surface area contributed by atoms with Crippen LogP contribution >= 0.6 is 0 Å². The summed E-state index contributed by atoms with van der Waals surface area (Å²) in [6, 6.07) is 1.21. The van der Waals surface area contributed by atoms with Gasteiger partial charge in [-0.3, -0.25) is 0 Å². The van der Waals surface area contributed by atoms with E-state index in [1.54, 1.807) is 27.7 Å². The molecule has 5 nitrogen and oxygen atoms in total. The number of rotatable bonds is 7. The molecule has 1 amide bonds. The number of hydrogen-bond acceptors (Lipinski definition) is 4. The van der Waals surface area contributed by atoms with Crippen LogP contribution in [0, 0.1) is 11.6 Å². The fourth-order valence-electron chi connectivity index (χ4n) is 2.04. The van der Waals surface area contributed by atoms with Gasteiger partial charge in [-0.2, -0.15) is 0 Å². The minimum Gasteiger partial charge on any atom is -0.490 e. The lowest BCUT2D eigenvalue weighted by atomic mass is 10.1. The van der Waals surface area contributed by atoms with Gasteiger partial charge in [0.05, 0.1) is 12.6 Å². The third-order valence-electron chi connectivity index (χ3n) is 3.08. The average molecular weight is 344 g/mol. The second-order valence-electron chi connectivity index (χ2n) is 6.52. The number of nitrogens with one attached hydrogen (secondary N) is 1. The topological polar surface area (TPSA) is 73.6 Å². The van der Waals surface area contributed by atoms with Gasteiger partial charge in [0, 0.05) is 11.6 Å². The first-order chi connectivity index (χ1) is 11.1. The predicted molar refractivity (Wildman–Crippen MR) is 87.9 cm³/mol. The van der Waals surface area contributed by atoms with E-state index >= 15 is 0 Å². The van der Waals surface area contributed by atoms with E-state index in [4.69, 9.17) is 15.2 Å². The van der Waals surface area contributed by atoms with Gasteiger partial charge in [0.15, 0.2) is 11.6 Å². The number of benzene rings is 1. The minimum absolute atomic E-state index is 0.0722. The van der Waals surface area contributed by atoms with Crippen molar-refractivity contribution in [3.8, 4) is 5.75 Å².